The van der Waals surface area contributed by atoms with Gasteiger partial charge in [0.2, 0.25) is 0 Å². The van der Waals surface area contributed by atoms with Crippen LogP contribution in [-0.4, -0.2) is 31.6 Å². The first-order chi connectivity index (χ1) is 12.8. The minimum Gasteiger partial charge on any atom is -0.494 e. The molecule has 2 aromatic carbocycles. The van der Waals surface area contributed by atoms with E-state index in [9.17, 15) is 12.8 Å². The molecule has 138 valence electrons. The van der Waals surface area contributed by atoms with Crippen LogP contribution in [0.5, 0.6) is 5.75 Å². The number of sulfone groups is 1. The first-order valence-electron chi connectivity index (χ1n) is 7.99. The average molecular weight is 384 g/mol. The van der Waals surface area contributed by atoms with E-state index in [1.807, 2.05) is 0 Å². The maximum absolute atomic E-state index is 14.2. The van der Waals surface area contributed by atoms with Crippen LogP contribution >= 0.6 is 0 Å². The fourth-order valence-electron chi connectivity index (χ4n) is 2.71. The molecule has 0 aliphatic heterocycles. The molecule has 0 amide bonds. The van der Waals surface area contributed by atoms with Gasteiger partial charge in [-0.1, -0.05) is 24.1 Å². The molecule has 0 fully saturated rings. The highest BCUT2D eigenvalue weighted by molar-refractivity contribution is 7.90. The van der Waals surface area contributed by atoms with Gasteiger partial charge in [-0.25, -0.2) is 12.8 Å². The second-order valence-corrected chi connectivity index (χ2v) is 7.95. The first-order valence-corrected chi connectivity index (χ1v) is 9.88. The van der Waals surface area contributed by atoms with Crippen molar-refractivity contribution in [1.82, 2.24) is 9.78 Å². The minimum atomic E-state index is -3.30. The molecule has 0 unspecified atom stereocenters. The Kier molecular flexibility index (Phi) is 5.02. The number of hydrogen-bond donors (Lipinski definition) is 0. The second-order valence-electron chi connectivity index (χ2n) is 5.94. The van der Waals surface area contributed by atoms with Crippen LogP contribution in [0.1, 0.15) is 0 Å². The number of hydrogen-bond acceptors (Lipinski definition) is 4. The van der Waals surface area contributed by atoms with Gasteiger partial charge in [-0.2, -0.15) is 5.10 Å². The standard InChI is InChI=1S/C20H17FN2O3S/c1-4-11-23-13-17(15-7-10-19(26-2)18(21)12-15)20(22-23)14-5-8-16(9-6-14)27(3,24)25/h1,5-10,12-13H,11H2,2-3H3. The molecule has 3 rings (SSSR count). The van der Waals surface area contributed by atoms with Gasteiger partial charge in [0.15, 0.2) is 21.4 Å². The summed E-state index contributed by atoms with van der Waals surface area (Å²) in [5, 5.41) is 4.48. The molecular formula is C20H17FN2O3S. The Hall–Kier alpha value is -3.11. The molecule has 0 bridgehead atoms. The summed E-state index contributed by atoms with van der Waals surface area (Å²) < 4.78 is 44.0. The Morgan fingerprint density at radius 2 is 1.85 bits per heavy atom. The average Bonchev–Trinajstić information content (AvgIpc) is 3.05. The Morgan fingerprint density at radius 3 is 2.41 bits per heavy atom. The topological polar surface area (TPSA) is 61.2 Å². The van der Waals surface area contributed by atoms with E-state index in [4.69, 9.17) is 11.2 Å². The van der Waals surface area contributed by atoms with Crippen molar-refractivity contribution in [3.8, 4) is 40.5 Å². The molecular weight excluding hydrogens is 367 g/mol. The van der Waals surface area contributed by atoms with Gasteiger partial charge in [-0.05, 0) is 29.8 Å². The number of nitrogens with zero attached hydrogens (tertiary/aromatic N) is 2. The molecule has 1 heterocycles. The Labute approximate surface area is 157 Å². The molecule has 0 saturated carbocycles. The summed E-state index contributed by atoms with van der Waals surface area (Å²) in [5.41, 5.74) is 2.57. The van der Waals surface area contributed by atoms with Crippen molar-refractivity contribution in [3.05, 3.63) is 54.5 Å². The first kappa shape index (κ1) is 18.7. The molecule has 0 aliphatic rings. The van der Waals surface area contributed by atoms with Crippen LogP contribution in [0, 0.1) is 18.2 Å². The number of benzene rings is 2. The summed E-state index contributed by atoms with van der Waals surface area (Å²) in [6.45, 7) is 0.257. The van der Waals surface area contributed by atoms with E-state index in [0.29, 0.717) is 22.4 Å². The van der Waals surface area contributed by atoms with Gasteiger partial charge in [0.05, 0.1) is 12.0 Å². The van der Waals surface area contributed by atoms with Crippen molar-refractivity contribution in [2.45, 2.75) is 11.4 Å². The van der Waals surface area contributed by atoms with Crippen LogP contribution in [0.3, 0.4) is 0 Å². The maximum Gasteiger partial charge on any atom is 0.175 e. The van der Waals surface area contributed by atoms with Gasteiger partial charge in [-0.15, -0.1) is 6.42 Å². The predicted molar refractivity (Wildman–Crippen MR) is 102 cm³/mol. The highest BCUT2D eigenvalue weighted by atomic mass is 32.2. The van der Waals surface area contributed by atoms with Crippen LogP contribution in [0.2, 0.25) is 0 Å². The Bertz CT molecular complexity index is 1130. The number of aromatic nitrogens is 2. The predicted octanol–water partition coefficient (Wildman–Crippen LogP) is 3.40. The van der Waals surface area contributed by atoms with Crippen LogP contribution < -0.4 is 4.74 Å². The van der Waals surface area contributed by atoms with Crippen molar-refractivity contribution < 1.29 is 17.5 Å². The highest BCUT2D eigenvalue weighted by Crippen LogP contribution is 2.33. The third kappa shape index (κ3) is 3.86. The third-order valence-corrected chi connectivity index (χ3v) is 5.16. The van der Waals surface area contributed by atoms with E-state index in [1.165, 1.54) is 25.3 Å². The molecule has 1 aromatic heterocycles. The van der Waals surface area contributed by atoms with Crippen LogP contribution in [0.25, 0.3) is 22.4 Å². The van der Waals surface area contributed by atoms with E-state index in [2.05, 4.69) is 11.0 Å². The van der Waals surface area contributed by atoms with Crippen LogP contribution in [-0.2, 0) is 16.4 Å². The van der Waals surface area contributed by atoms with Gasteiger partial charge in [-0.3, -0.25) is 4.68 Å². The lowest BCUT2D eigenvalue weighted by Gasteiger charge is -2.06. The lowest BCUT2D eigenvalue weighted by Crippen LogP contribution is -1.97. The highest BCUT2D eigenvalue weighted by Gasteiger charge is 2.16. The third-order valence-electron chi connectivity index (χ3n) is 4.03. The number of terminal acetylenes is 1. The molecule has 0 spiro atoms. The smallest absolute Gasteiger partial charge is 0.175 e. The van der Waals surface area contributed by atoms with Crippen molar-refractivity contribution in [1.29, 1.82) is 0 Å². The van der Waals surface area contributed by atoms with E-state index >= 15 is 0 Å². The zero-order valence-electron chi connectivity index (χ0n) is 14.8. The number of halogens is 1. The molecule has 0 aliphatic carbocycles. The van der Waals surface area contributed by atoms with Gasteiger partial charge in [0.25, 0.3) is 0 Å². The van der Waals surface area contributed by atoms with Gasteiger partial charge in [0.1, 0.15) is 12.2 Å². The van der Waals surface area contributed by atoms with Crippen LogP contribution in [0.4, 0.5) is 4.39 Å². The summed E-state index contributed by atoms with van der Waals surface area (Å²) >= 11 is 0. The number of methoxy groups -OCH3 is 1. The summed E-state index contributed by atoms with van der Waals surface area (Å²) in [7, 11) is -1.90. The lowest BCUT2D eigenvalue weighted by atomic mass is 10.0. The van der Waals surface area contributed by atoms with E-state index in [-0.39, 0.29) is 17.2 Å². The monoisotopic (exact) mass is 384 g/mol. The molecule has 0 N–H and O–H groups in total. The van der Waals surface area contributed by atoms with Crippen molar-refractivity contribution >= 4 is 9.84 Å². The zero-order chi connectivity index (χ0) is 19.6. The molecule has 7 heteroatoms. The normalized spacial score (nSPS) is 11.2. The van der Waals surface area contributed by atoms with Crippen molar-refractivity contribution in [2.24, 2.45) is 0 Å². The summed E-state index contributed by atoms with van der Waals surface area (Å²) in [6, 6.07) is 11.0. The van der Waals surface area contributed by atoms with Gasteiger partial charge < -0.3 is 4.74 Å². The Morgan fingerprint density at radius 1 is 1.19 bits per heavy atom. The maximum atomic E-state index is 14.2. The van der Waals surface area contributed by atoms with E-state index in [0.717, 1.165) is 6.26 Å². The number of ether oxygens (including phenoxy) is 1. The summed E-state index contributed by atoms with van der Waals surface area (Å²) in [4.78, 5) is 0.214. The fraction of sp³-hybridized carbons (Fsp3) is 0.150. The van der Waals surface area contributed by atoms with E-state index in [1.54, 1.807) is 35.1 Å². The molecule has 0 atom stereocenters. The van der Waals surface area contributed by atoms with Crippen molar-refractivity contribution in [3.63, 3.8) is 0 Å². The minimum absolute atomic E-state index is 0.147. The second kappa shape index (κ2) is 7.25. The zero-order valence-corrected chi connectivity index (χ0v) is 15.6. The Balaban J connectivity index is 2.13. The van der Waals surface area contributed by atoms with Crippen LogP contribution in [0.15, 0.2) is 53.6 Å². The van der Waals surface area contributed by atoms with E-state index < -0.39 is 15.7 Å². The number of rotatable bonds is 5. The molecule has 0 radical (unpaired) electrons. The SMILES string of the molecule is C#CCn1cc(-c2ccc(OC)c(F)c2)c(-c2ccc(S(C)(=O)=O)cc2)n1. The molecule has 3 aromatic rings. The summed E-state index contributed by atoms with van der Waals surface area (Å²) in [5.74, 6) is 2.17. The quantitative estimate of drug-likeness (QED) is 0.633. The van der Waals surface area contributed by atoms with Crippen molar-refractivity contribution in [2.75, 3.05) is 13.4 Å². The molecule has 0 saturated heterocycles. The largest absolute Gasteiger partial charge is 0.494 e. The fourth-order valence-corrected chi connectivity index (χ4v) is 3.34. The summed E-state index contributed by atoms with van der Waals surface area (Å²) in [6.07, 6.45) is 8.26. The molecule has 5 nitrogen and oxygen atoms in total. The van der Waals surface area contributed by atoms with Gasteiger partial charge >= 0.3 is 0 Å². The lowest BCUT2D eigenvalue weighted by molar-refractivity contribution is 0.386. The van der Waals surface area contributed by atoms with Gasteiger partial charge in [0, 0.05) is 23.6 Å². The molecule has 27 heavy (non-hydrogen) atoms.